The molecule has 2 rings (SSSR count). The molecule has 0 saturated carbocycles. The van der Waals surface area contributed by atoms with Crippen LogP contribution < -0.4 is 0 Å². The zero-order chi connectivity index (χ0) is 10.1. The highest BCUT2D eigenvalue weighted by molar-refractivity contribution is 7.15. The molecule has 14 heavy (non-hydrogen) atoms. The van der Waals surface area contributed by atoms with Gasteiger partial charge in [-0.2, -0.15) is 5.10 Å². The Morgan fingerprint density at radius 3 is 2.86 bits per heavy atom. The lowest BCUT2D eigenvalue weighted by Gasteiger charge is -1.90. The Kier molecular flexibility index (Phi) is 2.21. The maximum absolute atomic E-state index is 10.8. The molecule has 0 aliphatic rings. The standard InChI is InChI=1S/C10H10N2OS/c1-7-3-4-9(14-7)10-8(6-13)5-12(2)11-10/h3-6H,1-2H3. The Morgan fingerprint density at radius 1 is 1.50 bits per heavy atom. The number of hydrogen-bond donors (Lipinski definition) is 0. The first-order valence-corrected chi connectivity index (χ1v) is 5.08. The largest absolute Gasteiger partial charge is 0.298 e. The van der Waals surface area contributed by atoms with Crippen molar-refractivity contribution in [2.24, 2.45) is 7.05 Å². The summed E-state index contributed by atoms with van der Waals surface area (Å²) in [7, 11) is 1.82. The molecule has 72 valence electrons. The van der Waals surface area contributed by atoms with Gasteiger partial charge in [-0.15, -0.1) is 11.3 Å². The predicted octanol–water partition coefficient (Wildman–Crippen LogP) is 2.27. The molecule has 2 heterocycles. The normalized spacial score (nSPS) is 10.4. The molecule has 0 spiro atoms. The molecule has 0 N–H and O–H groups in total. The van der Waals surface area contributed by atoms with Crippen molar-refractivity contribution in [2.45, 2.75) is 6.92 Å². The summed E-state index contributed by atoms with van der Waals surface area (Å²) in [5, 5.41) is 4.26. The fraction of sp³-hybridized carbons (Fsp3) is 0.200. The lowest BCUT2D eigenvalue weighted by molar-refractivity contribution is 0.112. The van der Waals surface area contributed by atoms with E-state index in [0.717, 1.165) is 16.9 Å². The molecule has 0 fully saturated rings. The molecule has 3 nitrogen and oxygen atoms in total. The van der Waals surface area contributed by atoms with Gasteiger partial charge >= 0.3 is 0 Å². The molecule has 0 aliphatic heterocycles. The molecule has 0 amide bonds. The quantitative estimate of drug-likeness (QED) is 0.706. The topological polar surface area (TPSA) is 34.9 Å². The zero-order valence-corrected chi connectivity index (χ0v) is 8.84. The van der Waals surface area contributed by atoms with E-state index < -0.39 is 0 Å². The van der Waals surface area contributed by atoms with Crippen molar-refractivity contribution >= 4 is 17.6 Å². The minimum absolute atomic E-state index is 0.648. The molecular formula is C10H10N2OS. The fourth-order valence-corrected chi connectivity index (χ4v) is 2.22. The molecule has 0 radical (unpaired) electrons. The third-order valence-corrected chi connectivity index (χ3v) is 2.97. The molecule has 4 heteroatoms. The Labute approximate surface area is 86.0 Å². The van der Waals surface area contributed by atoms with Gasteiger partial charge in [0.05, 0.1) is 10.4 Å². The van der Waals surface area contributed by atoms with E-state index in [9.17, 15) is 4.79 Å². The van der Waals surface area contributed by atoms with E-state index in [0.29, 0.717) is 5.56 Å². The van der Waals surface area contributed by atoms with Crippen molar-refractivity contribution in [1.29, 1.82) is 0 Å². The van der Waals surface area contributed by atoms with E-state index in [1.807, 2.05) is 26.1 Å². The van der Waals surface area contributed by atoms with Crippen LogP contribution in [0, 0.1) is 6.92 Å². The monoisotopic (exact) mass is 206 g/mol. The van der Waals surface area contributed by atoms with Gasteiger partial charge in [0.15, 0.2) is 6.29 Å². The van der Waals surface area contributed by atoms with E-state index in [1.165, 1.54) is 4.88 Å². The summed E-state index contributed by atoms with van der Waals surface area (Å²) in [5.74, 6) is 0. The first kappa shape index (κ1) is 9.15. The van der Waals surface area contributed by atoms with Crippen LogP contribution in [0.5, 0.6) is 0 Å². The number of nitrogens with zero attached hydrogens (tertiary/aromatic N) is 2. The number of aldehydes is 1. The SMILES string of the molecule is Cc1ccc(-c2nn(C)cc2C=O)s1. The van der Waals surface area contributed by atoms with Crippen LogP contribution in [0.1, 0.15) is 15.2 Å². The molecule has 0 aromatic carbocycles. The van der Waals surface area contributed by atoms with Crippen molar-refractivity contribution in [3.05, 3.63) is 28.8 Å². The van der Waals surface area contributed by atoms with E-state index in [-0.39, 0.29) is 0 Å². The van der Waals surface area contributed by atoms with Crippen LogP contribution in [0.2, 0.25) is 0 Å². The molecule has 0 unspecified atom stereocenters. The Balaban J connectivity index is 2.55. The highest BCUT2D eigenvalue weighted by atomic mass is 32.1. The van der Waals surface area contributed by atoms with E-state index >= 15 is 0 Å². The van der Waals surface area contributed by atoms with Crippen molar-refractivity contribution in [3.63, 3.8) is 0 Å². The molecule has 0 saturated heterocycles. The van der Waals surface area contributed by atoms with Gasteiger partial charge in [0.25, 0.3) is 0 Å². The Hall–Kier alpha value is -1.42. The number of aryl methyl sites for hydroxylation is 2. The average Bonchev–Trinajstić information content (AvgIpc) is 2.71. The van der Waals surface area contributed by atoms with Gasteiger partial charge in [-0.05, 0) is 19.1 Å². The highest BCUT2D eigenvalue weighted by Gasteiger charge is 2.10. The first-order valence-electron chi connectivity index (χ1n) is 4.26. The molecule has 2 aromatic rings. The predicted molar refractivity (Wildman–Crippen MR) is 56.6 cm³/mol. The van der Waals surface area contributed by atoms with E-state index in [4.69, 9.17) is 0 Å². The first-order chi connectivity index (χ1) is 6.70. The Morgan fingerprint density at radius 2 is 2.29 bits per heavy atom. The van der Waals surface area contributed by atoms with Crippen LogP contribution >= 0.6 is 11.3 Å². The van der Waals surface area contributed by atoms with E-state index in [2.05, 4.69) is 5.10 Å². The minimum atomic E-state index is 0.648. The molecule has 2 aromatic heterocycles. The minimum Gasteiger partial charge on any atom is -0.298 e. The lowest BCUT2D eigenvalue weighted by Crippen LogP contribution is -1.86. The summed E-state index contributed by atoms with van der Waals surface area (Å²) >= 11 is 1.65. The van der Waals surface area contributed by atoms with Gasteiger partial charge in [-0.3, -0.25) is 9.48 Å². The summed E-state index contributed by atoms with van der Waals surface area (Å²) in [6, 6.07) is 4.03. The van der Waals surface area contributed by atoms with Crippen molar-refractivity contribution in [1.82, 2.24) is 9.78 Å². The van der Waals surface area contributed by atoms with Crippen molar-refractivity contribution in [3.8, 4) is 10.6 Å². The number of aromatic nitrogens is 2. The maximum atomic E-state index is 10.8. The van der Waals surface area contributed by atoms with Gasteiger partial charge in [-0.1, -0.05) is 0 Å². The van der Waals surface area contributed by atoms with Crippen molar-refractivity contribution < 1.29 is 4.79 Å². The summed E-state index contributed by atoms with van der Waals surface area (Å²) in [5.41, 5.74) is 1.43. The number of carbonyl (C=O) groups is 1. The molecule has 0 bridgehead atoms. The van der Waals surface area contributed by atoms with Crippen LogP contribution in [-0.4, -0.2) is 16.1 Å². The molecular weight excluding hydrogens is 196 g/mol. The summed E-state index contributed by atoms with van der Waals surface area (Å²) in [6.07, 6.45) is 2.58. The lowest BCUT2D eigenvalue weighted by atomic mass is 10.2. The van der Waals surface area contributed by atoms with Crippen LogP contribution in [0.3, 0.4) is 0 Å². The number of carbonyl (C=O) groups excluding carboxylic acids is 1. The third-order valence-electron chi connectivity index (χ3n) is 1.96. The van der Waals surface area contributed by atoms with Crippen molar-refractivity contribution in [2.75, 3.05) is 0 Å². The number of thiophene rings is 1. The average molecular weight is 206 g/mol. The zero-order valence-electron chi connectivity index (χ0n) is 8.02. The van der Waals surface area contributed by atoms with Gasteiger partial charge in [0.2, 0.25) is 0 Å². The summed E-state index contributed by atoms with van der Waals surface area (Å²) in [6.45, 7) is 2.04. The van der Waals surface area contributed by atoms with Gasteiger partial charge in [-0.25, -0.2) is 0 Å². The molecule has 0 aliphatic carbocycles. The summed E-state index contributed by atoms with van der Waals surface area (Å²) < 4.78 is 1.66. The maximum Gasteiger partial charge on any atom is 0.153 e. The van der Waals surface area contributed by atoms with Gasteiger partial charge in [0.1, 0.15) is 5.69 Å². The third kappa shape index (κ3) is 1.48. The highest BCUT2D eigenvalue weighted by Crippen LogP contribution is 2.28. The second kappa shape index (κ2) is 3.38. The summed E-state index contributed by atoms with van der Waals surface area (Å²) in [4.78, 5) is 13.0. The Bertz CT molecular complexity index is 470. The van der Waals surface area contributed by atoms with Crippen LogP contribution in [0.15, 0.2) is 18.3 Å². The van der Waals surface area contributed by atoms with Gasteiger partial charge in [0, 0.05) is 18.1 Å². The van der Waals surface area contributed by atoms with Crippen LogP contribution in [0.4, 0.5) is 0 Å². The van der Waals surface area contributed by atoms with Gasteiger partial charge < -0.3 is 0 Å². The number of hydrogen-bond acceptors (Lipinski definition) is 3. The smallest absolute Gasteiger partial charge is 0.153 e. The second-order valence-corrected chi connectivity index (χ2v) is 4.42. The second-order valence-electron chi connectivity index (χ2n) is 3.13. The fourth-order valence-electron chi connectivity index (χ4n) is 1.35. The van der Waals surface area contributed by atoms with E-state index in [1.54, 1.807) is 22.2 Å². The molecule has 0 atom stereocenters. The number of rotatable bonds is 2. The van der Waals surface area contributed by atoms with Crippen LogP contribution in [0.25, 0.3) is 10.6 Å². The van der Waals surface area contributed by atoms with Crippen LogP contribution in [-0.2, 0) is 7.05 Å².